The summed E-state index contributed by atoms with van der Waals surface area (Å²) in [7, 11) is 1.39. The molecule has 4 heteroatoms. The van der Waals surface area contributed by atoms with Gasteiger partial charge in [-0.25, -0.2) is 0 Å². The van der Waals surface area contributed by atoms with Crippen LogP contribution in [0, 0.1) is 5.92 Å². The number of carbonyl (C=O) groups excluding carboxylic acids is 1. The zero-order valence-electron chi connectivity index (χ0n) is 11.9. The van der Waals surface area contributed by atoms with Crippen LogP contribution in [-0.2, 0) is 9.53 Å². The molecule has 1 aliphatic heterocycles. The van der Waals surface area contributed by atoms with E-state index in [1.165, 1.54) is 7.11 Å². The number of esters is 1. The van der Waals surface area contributed by atoms with Crippen molar-refractivity contribution < 1.29 is 9.53 Å². The number of ether oxygens (including phenoxy) is 1. The monoisotopic (exact) mass is 242 g/mol. The van der Waals surface area contributed by atoms with Gasteiger partial charge < -0.3 is 15.8 Å². The fraction of sp³-hybridized carbons (Fsp3) is 0.923. The Balaban J connectivity index is 2.95. The Morgan fingerprint density at radius 1 is 1.29 bits per heavy atom. The molecule has 0 aliphatic carbocycles. The van der Waals surface area contributed by atoms with E-state index in [1.807, 2.05) is 0 Å². The highest BCUT2D eigenvalue weighted by atomic mass is 16.5. The normalized spacial score (nSPS) is 27.2. The summed E-state index contributed by atoms with van der Waals surface area (Å²) in [4.78, 5) is 11.8. The quantitative estimate of drug-likeness (QED) is 0.719. The maximum absolute atomic E-state index is 11.8. The lowest BCUT2D eigenvalue weighted by atomic mass is 9.68. The number of methoxy groups -OCH3 is 1. The molecule has 3 N–H and O–H groups in total. The summed E-state index contributed by atoms with van der Waals surface area (Å²) in [6.45, 7) is 10.4. The fourth-order valence-corrected chi connectivity index (χ4v) is 3.13. The molecule has 1 rings (SSSR count). The molecule has 0 aromatic heterocycles. The minimum Gasteiger partial charge on any atom is -0.468 e. The molecule has 1 atom stereocenters. The molecule has 1 aliphatic rings. The van der Waals surface area contributed by atoms with E-state index in [0.29, 0.717) is 0 Å². The van der Waals surface area contributed by atoms with E-state index < -0.39 is 5.54 Å². The van der Waals surface area contributed by atoms with Crippen LogP contribution in [0.5, 0.6) is 0 Å². The zero-order chi connectivity index (χ0) is 13.5. The number of rotatable bonds is 2. The standard InChI is InChI=1S/C13H26N2O2/c1-11(2)7-9(8-12(3,4)15-11)13(5,14)10(16)17-6/h9,15H,7-8,14H2,1-6H3. The van der Waals surface area contributed by atoms with Gasteiger partial charge in [-0.15, -0.1) is 0 Å². The van der Waals surface area contributed by atoms with Crippen LogP contribution in [-0.4, -0.2) is 29.7 Å². The molecule has 1 fully saturated rings. The highest BCUT2D eigenvalue weighted by Crippen LogP contribution is 2.38. The first-order valence-electron chi connectivity index (χ1n) is 6.17. The Morgan fingerprint density at radius 3 is 2.06 bits per heavy atom. The first-order valence-corrected chi connectivity index (χ1v) is 6.17. The molecule has 1 saturated heterocycles. The predicted molar refractivity (Wildman–Crippen MR) is 68.6 cm³/mol. The minimum atomic E-state index is -0.911. The summed E-state index contributed by atoms with van der Waals surface area (Å²) in [5, 5.41) is 3.58. The summed E-state index contributed by atoms with van der Waals surface area (Å²) < 4.78 is 4.82. The van der Waals surface area contributed by atoms with Gasteiger partial charge in [0, 0.05) is 11.1 Å². The van der Waals surface area contributed by atoms with Gasteiger partial charge in [-0.2, -0.15) is 0 Å². The average molecular weight is 242 g/mol. The van der Waals surface area contributed by atoms with Crippen LogP contribution >= 0.6 is 0 Å². The lowest BCUT2D eigenvalue weighted by molar-refractivity contribution is -0.150. The molecule has 0 aromatic rings. The van der Waals surface area contributed by atoms with E-state index in [0.717, 1.165) is 12.8 Å². The van der Waals surface area contributed by atoms with Crippen LogP contribution in [0.2, 0.25) is 0 Å². The van der Waals surface area contributed by atoms with Crippen molar-refractivity contribution in [2.75, 3.05) is 7.11 Å². The molecular weight excluding hydrogens is 216 g/mol. The van der Waals surface area contributed by atoms with Gasteiger partial charge in [-0.1, -0.05) is 0 Å². The van der Waals surface area contributed by atoms with E-state index >= 15 is 0 Å². The zero-order valence-corrected chi connectivity index (χ0v) is 11.9. The molecule has 0 spiro atoms. The van der Waals surface area contributed by atoms with Gasteiger partial charge in [-0.3, -0.25) is 4.79 Å². The van der Waals surface area contributed by atoms with Crippen LogP contribution in [0.15, 0.2) is 0 Å². The molecule has 0 radical (unpaired) electrons. The molecule has 4 nitrogen and oxygen atoms in total. The maximum Gasteiger partial charge on any atom is 0.325 e. The van der Waals surface area contributed by atoms with Gasteiger partial charge in [0.1, 0.15) is 5.54 Å². The Morgan fingerprint density at radius 2 is 1.71 bits per heavy atom. The molecule has 0 amide bonds. The van der Waals surface area contributed by atoms with Crippen molar-refractivity contribution in [2.45, 2.75) is 64.1 Å². The summed E-state index contributed by atoms with van der Waals surface area (Å²) >= 11 is 0. The Labute approximate surface area is 104 Å². The summed E-state index contributed by atoms with van der Waals surface area (Å²) in [6.07, 6.45) is 1.75. The van der Waals surface area contributed by atoms with E-state index in [4.69, 9.17) is 10.5 Å². The first kappa shape index (κ1) is 14.5. The van der Waals surface area contributed by atoms with Crippen molar-refractivity contribution in [1.82, 2.24) is 5.32 Å². The first-order chi connectivity index (χ1) is 7.50. The largest absolute Gasteiger partial charge is 0.468 e. The van der Waals surface area contributed by atoms with Crippen molar-refractivity contribution in [2.24, 2.45) is 11.7 Å². The van der Waals surface area contributed by atoms with E-state index in [2.05, 4.69) is 33.0 Å². The second kappa shape index (κ2) is 4.25. The predicted octanol–water partition coefficient (Wildman–Crippen LogP) is 1.43. The molecule has 0 aromatic carbocycles. The SMILES string of the molecule is COC(=O)C(C)(N)C1CC(C)(C)NC(C)(C)C1. The number of hydrogen-bond acceptors (Lipinski definition) is 4. The smallest absolute Gasteiger partial charge is 0.325 e. The Hall–Kier alpha value is -0.610. The second-order valence-corrected chi connectivity index (χ2v) is 6.77. The van der Waals surface area contributed by atoms with Crippen molar-refractivity contribution in [1.29, 1.82) is 0 Å². The van der Waals surface area contributed by atoms with Crippen molar-refractivity contribution in [3.63, 3.8) is 0 Å². The third-order valence-electron chi connectivity index (χ3n) is 3.66. The average Bonchev–Trinajstić information content (AvgIpc) is 2.11. The topological polar surface area (TPSA) is 64.3 Å². The van der Waals surface area contributed by atoms with E-state index in [-0.39, 0.29) is 23.0 Å². The molecule has 17 heavy (non-hydrogen) atoms. The van der Waals surface area contributed by atoms with E-state index in [1.54, 1.807) is 6.92 Å². The second-order valence-electron chi connectivity index (χ2n) is 6.77. The maximum atomic E-state index is 11.8. The van der Waals surface area contributed by atoms with Gasteiger partial charge in [0.25, 0.3) is 0 Å². The van der Waals surface area contributed by atoms with Gasteiger partial charge in [-0.05, 0) is 53.4 Å². The van der Waals surface area contributed by atoms with Crippen molar-refractivity contribution in [3.8, 4) is 0 Å². The number of carbonyl (C=O) groups is 1. The van der Waals surface area contributed by atoms with Crippen molar-refractivity contribution in [3.05, 3.63) is 0 Å². The number of nitrogens with one attached hydrogen (secondary N) is 1. The number of piperidine rings is 1. The number of nitrogens with two attached hydrogens (primary N) is 1. The molecule has 1 unspecified atom stereocenters. The molecule has 1 heterocycles. The minimum absolute atomic E-state index is 0.0128. The van der Waals surface area contributed by atoms with Gasteiger partial charge in [0.05, 0.1) is 7.11 Å². The van der Waals surface area contributed by atoms with Crippen LogP contribution < -0.4 is 11.1 Å². The summed E-state index contributed by atoms with van der Waals surface area (Å²) in [6, 6.07) is 0. The highest BCUT2D eigenvalue weighted by molar-refractivity contribution is 5.80. The summed E-state index contributed by atoms with van der Waals surface area (Å²) in [5.74, 6) is -0.197. The highest BCUT2D eigenvalue weighted by Gasteiger charge is 2.47. The number of hydrogen-bond donors (Lipinski definition) is 2. The van der Waals surface area contributed by atoms with Crippen LogP contribution in [0.4, 0.5) is 0 Å². The lowest BCUT2D eigenvalue weighted by Crippen LogP contribution is -2.64. The molecular formula is C13H26N2O2. The Kier molecular flexibility index (Phi) is 3.61. The fourth-order valence-electron chi connectivity index (χ4n) is 3.13. The molecule has 0 bridgehead atoms. The van der Waals surface area contributed by atoms with Gasteiger partial charge in [0.15, 0.2) is 0 Å². The van der Waals surface area contributed by atoms with Crippen molar-refractivity contribution >= 4 is 5.97 Å². The third-order valence-corrected chi connectivity index (χ3v) is 3.66. The van der Waals surface area contributed by atoms with E-state index in [9.17, 15) is 4.79 Å². The molecule has 100 valence electrons. The van der Waals surface area contributed by atoms with Crippen LogP contribution in [0.1, 0.15) is 47.5 Å². The summed E-state index contributed by atoms with van der Waals surface area (Å²) in [5.41, 5.74) is 5.25. The Bertz CT molecular complexity index is 293. The van der Waals surface area contributed by atoms with Crippen LogP contribution in [0.3, 0.4) is 0 Å². The molecule has 0 saturated carbocycles. The third kappa shape index (κ3) is 3.19. The van der Waals surface area contributed by atoms with Crippen LogP contribution in [0.25, 0.3) is 0 Å². The lowest BCUT2D eigenvalue weighted by Gasteiger charge is -2.50. The van der Waals surface area contributed by atoms with Gasteiger partial charge in [0.2, 0.25) is 0 Å². The van der Waals surface area contributed by atoms with Gasteiger partial charge >= 0.3 is 5.97 Å².